The quantitative estimate of drug-likeness (QED) is 0.413. The molecule has 1 aliphatic rings. The maximum atomic E-state index is 13.3. The fourth-order valence-corrected chi connectivity index (χ4v) is 5.91. The molecule has 2 amide bonds. The molecule has 0 radical (unpaired) electrons. The molecular formula is C27H28ClN3O6S. The molecule has 200 valence electrons. The number of carbonyl (C=O) groups excluding carboxylic acids is 2. The van der Waals surface area contributed by atoms with Crippen molar-refractivity contribution < 1.29 is 27.5 Å². The van der Waals surface area contributed by atoms with Gasteiger partial charge in [-0.3, -0.25) is 9.59 Å². The van der Waals surface area contributed by atoms with Gasteiger partial charge in [-0.05, 0) is 35.9 Å². The number of halogens is 1. The number of sulfonamides is 1. The van der Waals surface area contributed by atoms with Crippen LogP contribution in [0.2, 0.25) is 5.02 Å². The number of nitrogens with zero attached hydrogens (tertiary/aromatic N) is 1. The Kier molecular flexibility index (Phi) is 9.01. The average Bonchev–Trinajstić information content (AvgIpc) is 2.93. The number of amides is 2. The van der Waals surface area contributed by atoms with E-state index in [-0.39, 0.29) is 35.8 Å². The molecule has 1 atom stereocenters. The van der Waals surface area contributed by atoms with E-state index >= 15 is 0 Å². The molecule has 1 saturated heterocycles. The first-order chi connectivity index (χ1) is 18.3. The number of carbonyl (C=O) groups is 2. The van der Waals surface area contributed by atoms with Crippen molar-refractivity contribution in [2.24, 2.45) is 0 Å². The zero-order chi connectivity index (χ0) is 27.1. The van der Waals surface area contributed by atoms with Gasteiger partial charge in [-0.2, -0.15) is 4.31 Å². The number of anilines is 1. The summed E-state index contributed by atoms with van der Waals surface area (Å²) >= 11 is 6.18. The van der Waals surface area contributed by atoms with Gasteiger partial charge in [0.1, 0.15) is 10.6 Å². The Bertz CT molecular complexity index is 1390. The van der Waals surface area contributed by atoms with Crippen LogP contribution in [0.3, 0.4) is 0 Å². The molecule has 38 heavy (non-hydrogen) atoms. The van der Waals surface area contributed by atoms with Crippen molar-refractivity contribution in [2.45, 2.75) is 17.4 Å². The van der Waals surface area contributed by atoms with Crippen LogP contribution in [0, 0.1) is 0 Å². The Morgan fingerprint density at radius 1 is 1.03 bits per heavy atom. The van der Waals surface area contributed by atoms with Crippen LogP contribution < -0.4 is 15.4 Å². The molecule has 3 aromatic carbocycles. The molecule has 3 aromatic rings. The summed E-state index contributed by atoms with van der Waals surface area (Å²) in [6, 6.07) is 19.5. The van der Waals surface area contributed by atoms with Gasteiger partial charge in [0.15, 0.2) is 0 Å². The molecule has 0 aromatic heterocycles. The van der Waals surface area contributed by atoms with Gasteiger partial charge in [0.2, 0.25) is 15.9 Å². The summed E-state index contributed by atoms with van der Waals surface area (Å²) in [6.45, 7) is 1.06. The predicted octanol–water partition coefficient (Wildman–Crippen LogP) is 3.87. The molecule has 0 saturated carbocycles. The maximum absolute atomic E-state index is 13.3. The van der Waals surface area contributed by atoms with Crippen molar-refractivity contribution in [2.75, 3.05) is 38.7 Å². The smallest absolute Gasteiger partial charge is 0.253 e. The predicted molar refractivity (Wildman–Crippen MR) is 144 cm³/mol. The van der Waals surface area contributed by atoms with Crippen LogP contribution in [-0.4, -0.2) is 58.0 Å². The van der Waals surface area contributed by atoms with Gasteiger partial charge in [-0.1, -0.05) is 54.1 Å². The first-order valence-corrected chi connectivity index (χ1v) is 13.8. The standard InChI is InChI=1S/C27H28ClN3O6S/c1-36-24-12-11-20(17-25(24)38(34,35)31-13-15-37-16-14-31)29-26(32)18-23(19-7-3-2-4-8-19)30-27(33)21-9-5-6-10-22(21)28/h2-12,17,23H,13-16,18H2,1H3,(H,29,32)(H,30,33)/t23-/m0/s1. The van der Waals surface area contributed by atoms with Gasteiger partial charge in [0.25, 0.3) is 5.91 Å². The first kappa shape index (κ1) is 27.6. The minimum Gasteiger partial charge on any atom is -0.495 e. The second kappa shape index (κ2) is 12.4. The average molecular weight is 558 g/mol. The van der Waals surface area contributed by atoms with Crippen LogP contribution in [-0.2, 0) is 19.6 Å². The molecule has 0 bridgehead atoms. The van der Waals surface area contributed by atoms with E-state index in [9.17, 15) is 18.0 Å². The molecular weight excluding hydrogens is 530 g/mol. The first-order valence-electron chi connectivity index (χ1n) is 12.0. The Morgan fingerprint density at radius 3 is 2.39 bits per heavy atom. The van der Waals surface area contributed by atoms with Crippen molar-refractivity contribution in [3.63, 3.8) is 0 Å². The summed E-state index contributed by atoms with van der Waals surface area (Å²) in [6.07, 6.45) is -0.0994. The molecule has 0 unspecified atom stereocenters. The Morgan fingerprint density at radius 2 is 1.71 bits per heavy atom. The zero-order valence-corrected chi connectivity index (χ0v) is 22.3. The Hall–Kier alpha value is -3.44. The van der Waals surface area contributed by atoms with Gasteiger partial charge in [-0.25, -0.2) is 8.42 Å². The number of rotatable bonds is 9. The van der Waals surface area contributed by atoms with Crippen LogP contribution >= 0.6 is 11.6 Å². The number of nitrogens with one attached hydrogen (secondary N) is 2. The molecule has 11 heteroatoms. The van der Waals surface area contributed by atoms with E-state index < -0.39 is 27.9 Å². The number of ether oxygens (including phenoxy) is 2. The van der Waals surface area contributed by atoms with E-state index in [2.05, 4.69) is 10.6 Å². The molecule has 2 N–H and O–H groups in total. The van der Waals surface area contributed by atoms with Crippen LogP contribution in [0.25, 0.3) is 0 Å². The largest absolute Gasteiger partial charge is 0.495 e. The topological polar surface area (TPSA) is 114 Å². The molecule has 1 aliphatic heterocycles. The third kappa shape index (κ3) is 6.51. The summed E-state index contributed by atoms with van der Waals surface area (Å²) in [5, 5.41) is 5.94. The lowest BCUT2D eigenvalue weighted by atomic mass is 10.0. The summed E-state index contributed by atoms with van der Waals surface area (Å²) < 4.78 is 38.4. The van der Waals surface area contributed by atoms with Crippen molar-refractivity contribution in [3.8, 4) is 5.75 Å². The lowest BCUT2D eigenvalue weighted by Crippen LogP contribution is -2.40. The number of benzene rings is 3. The monoisotopic (exact) mass is 557 g/mol. The second-order valence-corrected chi connectivity index (χ2v) is 10.9. The third-order valence-corrected chi connectivity index (χ3v) is 8.30. The van der Waals surface area contributed by atoms with Crippen LogP contribution in [0.15, 0.2) is 77.7 Å². The van der Waals surface area contributed by atoms with Crippen molar-refractivity contribution >= 4 is 39.1 Å². The highest BCUT2D eigenvalue weighted by Gasteiger charge is 2.30. The fourth-order valence-electron chi connectivity index (χ4n) is 4.10. The molecule has 0 aliphatic carbocycles. The zero-order valence-electron chi connectivity index (χ0n) is 20.7. The normalized spacial score (nSPS) is 14.9. The summed E-state index contributed by atoms with van der Waals surface area (Å²) in [5.74, 6) is -0.664. The van der Waals surface area contributed by atoms with Gasteiger partial charge >= 0.3 is 0 Å². The van der Waals surface area contributed by atoms with Gasteiger partial charge in [0, 0.05) is 18.8 Å². The van der Waals surface area contributed by atoms with Crippen molar-refractivity contribution in [1.29, 1.82) is 0 Å². The maximum Gasteiger partial charge on any atom is 0.253 e. The number of methoxy groups -OCH3 is 1. The fraction of sp³-hybridized carbons (Fsp3) is 0.259. The number of hydrogen-bond acceptors (Lipinski definition) is 6. The third-order valence-electron chi connectivity index (χ3n) is 6.05. The van der Waals surface area contributed by atoms with Gasteiger partial charge in [0.05, 0.1) is 43.4 Å². The van der Waals surface area contributed by atoms with E-state index in [1.54, 1.807) is 30.3 Å². The second-order valence-electron chi connectivity index (χ2n) is 8.55. The highest BCUT2D eigenvalue weighted by molar-refractivity contribution is 7.89. The highest BCUT2D eigenvalue weighted by atomic mass is 35.5. The number of hydrogen-bond donors (Lipinski definition) is 2. The molecule has 1 fully saturated rings. The van der Waals surface area contributed by atoms with E-state index in [4.69, 9.17) is 21.1 Å². The van der Waals surface area contributed by atoms with Gasteiger partial charge < -0.3 is 20.1 Å². The number of morpholine rings is 1. The van der Waals surface area contributed by atoms with Crippen LogP contribution in [0.5, 0.6) is 5.75 Å². The summed E-state index contributed by atoms with van der Waals surface area (Å²) in [5.41, 5.74) is 1.31. The molecule has 9 nitrogen and oxygen atoms in total. The highest BCUT2D eigenvalue weighted by Crippen LogP contribution is 2.30. The van der Waals surface area contributed by atoms with Crippen molar-refractivity contribution in [1.82, 2.24) is 9.62 Å². The SMILES string of the molecule is COc1ccc(NC(=O)C[C@H](NC(=O)c2ccccc2Cl)c2ccccc2)cc1S(=O)(=O)N1CCOCC1. The lowest BCUT2D eigenvalue weighted by molar-refractivity contribution is -0.116. The minimum atomic E-state index is -3.87. The Labute approximate surface area is 226 Å². The van der Waals surface area contributed by atoms with E-state index in [0.717, 1.165) is 5.56 Å². The molecule has 4 rings (SSSR count). The minimum absolute atomic E-state index is 0.0497. The van der Waals surface area contributed by atoms with Crippen LogP contribution in [0.1, 0.15) is 28.4 Å². The lowest BCUT2D eigenvalue weighted by Gasteiger charge is -2.27. The molecule has 1 heterocycles. The summed E-state index contributed by atoms with van der Waals surface area (Å²) in [7, 11) is -2.49. The van der Waals surface area contributed by atoms with Crippen LogP contribution in [0.4, 0.5) is 5.69 Å². The summed E-state index contributed by atoms with van der Waals surface area (Å²) in [4.78, 5) is 26.0. The van der Waals surface area contributed by atoms with E-state index in [1.807, 2.05) is 30.3 Å². The molecule has 0 spiro atoms. The van der Waals surface area contributed by atoms with E-state index in [0.29, 0.717) is 23.8 Å². The van der Waals surface area contributed by atoms with E-state index in [1.165, 1.54) is 23.5 Å². The van der Waals surface area contributed by atoms with Crippen molar-refractivity contribution in [3.05, 3.63) is 88.9 Å². The Balaban J connectivity index is 1.54. The van der Waals surface area contributed by atoms with Gasteiger partial charge in [-0.15, -0.1) is 0 Å².